The number of nitrogens with zero attached hydrogens (tertiary/aromatic N) is 3. The van der Waals surface area contributed by atoms with Gasteiger partial charge in [0.15, 0.2) is 11.5 Å². The lowest BCUT2D eigenvalue weighted by Crippen LogP contribution is -2.29. The molecule has 0 aliphatic carbocycles. The van der Waals surface area contributed by atoms with Crippen LogP contribution >= 0.6 is 11.8 Å². The molecule has 0 saturated carbocycles. The number of nitrogens with one attached hydrogen (secondary N) is 1. The second kappa shape index (κ2) is 12.7. The number of thioether (sulfide) groups is 1. The number of anilines is 1. The summed E-state index contributed by atoms with van der Waals surface area (Å²) in [6.07, 6.45) is 5.02. The van der Waals surface area contributed by atoms with Crippen LogP contribution in [0.2, 0.25) is 0 Å². The number of rotatable bonds is 13. The van der Waals surface area contributed by atoms with Gasteiger partial charge < -0.3 is 19.5 Å². The van der Waals surface area contributed by atoms with Crippen molar-refractivity contribution in [2.45, 2.75) is 71.0 Å². The summed E-state index contributed by atoms with van der Waals surface area (Å²) in [7, 11) is 1.62. The molecule has 9 heteroatoms. The number of allylic oxidation sites excluding steroid dienone is 1. The maximum absolute atomic E-state index is 13.1. The number of aromatic nitrogens is 3. The summed E-state index contributed by atoms with van der Waals surface area (Å²) < 4.78 is 18.9. The zero-order chi connectivity index (χ0) is 24.5. The largest absolute Gasteiger partial charge is 0.493 e. The van der Waals surface area contributed by atoms with E-state index >= 15 is 0 Å². The second-order valence-corrected chi connectivity index (χ2v) is 9.24. The fraction of sp³-hybridized carbons (Fsp3) is 0.560. The number of benzene rings is 1. The van der Waals surface area contributed by atoms with Crippen LogP contribution in [0.1, 0.15) is 71.4 Å². The average molecular weight is 489 g/mol. The monoisotopic (exact) mass is 488 g/mol. The number of carbonyl (C=O) groups is 1. The quantitative estimate of drug-likeness (QED) is 0.221. The topological polar surface area (TPSA) is 87.5 Å². The third-order valence-electron chi connectivity index (χ3n) is 5.43. The molecule has 0 spiro atoms. The van der Waals surface area contributed by atoms with Crippen LogP contribution in [0, 0.1) is 0 Å². The Kier molecular flexibility index (Phi) is 9.68. The summed E-state index contributed by atoms with van der Waals surface area (Å²) >= 11 is 1.60. The molecule has 0 saturated heterocycles. The first-order chi connectivity index (χ1) is 16.5. The predicted molar refractivity (Wildman–Crippen MR) is 135 cm³/mol. The van der Waals surface area contributed by atoms with Gasteiger partial charge in [0, 0.05) is 11.4 Å². The number of carbonyl (C=O) groups excluding carboxylic acids is 1. The van der Waals surface area contributed by atoms with E-state index in [1.165, 1.54) is 0 Å². The molecule has 1 aliphatic rings. The summed E-state index contributed by atoms with van der Waals surface area (Å²) in [5, 5.41) is 8.65. The van der Waals surface area contributed by atoms with Crippen LogP contribution < -0.4 is 14.8 Å². The van der Waals surface area contributed by atoms with E-state index < -0.39 is 6.04 Å². The molecule has 1 atom stereocenters. The number of fused-ring (bicyclic) bond motifs is 1. The summed E-state index contributed by atoms with van der Waals surface area (Å²) in [6, 6.07) is 5.27. The van der Waals surface area contributed by atoms with Crippen LogP contribution in [0.4, 0.5) is 5.95 Å². The SMILES string of the molecule is CCCCCOc1ccc(C2C(C(=O)OCCC)=C(C)Nc3nc(SCCC)nn32)cc1OC. The lowest BCUT2D eigenvalue weighted by Gasteiger charge is -2.28. The minimum atomic E-state index is -0.493. The first-order valence-corrected chi connectivity index (χ1v) is 13.1. The van der Waals surface area contributed by atoms with Gasteiger partial charge in [0.05, 0.1) is 25.9 Å². The number of unbranched alkanes of at least 4 members (excludes halogenated alkanes) is 2. The number of ether oxygens (including phenoxy) is 3. The van der Waals surface area contributed by atoms with Crippen LogP contribution in [0.5, 0.6) is 11.5 Å². The third kappa shape index (κ3) is 6.05. The van der Waals surface area contributed by atoms with E-state index in [-0.39, 0.29) is 5.97 Å². The van der Waals surface area contributed by atoms with Gasteiger partial charge in [-0.15, -0.1) is 5.10 Å². The molecule has 0 radical (unpaired) electrons. The van der Waals surface area contributed by atoms with Gasteiger partial charge in [-0.05, 0) is 43.9 Å². The molecule has 0 fully saturated rings. The molecule has 3 rings (SSSR count). The third-order valence-corrected chi connectivity index (χ3v) is 6.48. The highest BCUT2D eigenvalue weighted by molar-refractivity contribution is 7.99. The first-order valence-electron chi connectivity index (χ1n) is 12.1. The van der Waals surface area contributed by atoms with Crippen LogP contribution in [0.3, 0.4) is 0 Å². The highest BCUT2D eigenvalue weighted by Crippen LogP contribution is 2.40. The fourth-order valence-corrected chi connectivity index (χ4v) is 4.42. The first kappa shape index (κ1) is 25.9. The van der Waals surface area contributed by atoms with E-state index in [9.17, 15) is 4.79 Å². The smallest absolute Gasteiger partial charge is 0.338 e. The Bertz CT molecular complexity index is 1000. The van der Waals surface area contributed by atoms with Crippen LogP contribution in [0.25, 0.3) is 0 Å². The predicted octanol–water partition coefficient (Wildman–Crippen LogP) is 5.60. The number of hydrogen-bond acceptors (Lipinski definition) is 8. The van der Waals surface area contributed by atoms with Gasteiger partial charge in [0.1, 0.15) is 6.04 Å². The number of hydrogen-bond donors (Lipinski definition) is 1. The Hall–Kier alpha value is -2.68. The van der Waals surface area contributed by atoms with E-state index in [4.69, 9.17) is 19.3 Å². The second-order valence-electron chi connectivity index (χ2n) is 8.18. The van der Waals surface area contributed by atoms with Gasteiger partial charge in [-0.25, -0.2) is 9.48 Å². The normalized spacial score (nSPS) is 15.0. The van der Waals surface area contributed by atoms with Crippen molar-refractivity contribution in [3.8, 4) is 11.5 Å². The van der Waals surface area contributed by atoms with Gasteiger partial charge in [-0.3, -0.25) is 0 Å². The van der Waals surface area contributed by atoms with E-state index in [1.54, 1.807) is 23.6 Å². The molecule has 1 unspecified atom stereocenters. The van der Waals surface area contributed by atoms with Crippen molar-refractivity contribution in [2.24, 2.45) is 0 Å². The molecule has 186 valence electrons. The molecule has 1 aromatic heterocycles. The summed E-state index contributed by atoms with van der Waals surface area (Å²) in [5.74, 6) is 2.47. The van der Waals surface area contributed by atoms with Crippen molar-refractivity contribution >= 4 is 23.7 Å². The van der Waals surface area contributed by atoms with Crippen molar-refractivity contribution < 1.29 is 19.0 Å². The fourth-order valence-electron chi connectivity index (χ4n) is 3.74. The molecular weight excluding hydrogens is 452 g/mol. The standard InChI is InChI=1S/C25H36N4O4S/c1-6-9-10-14-32-19-12-11-18(16-20(19)31-5)22-21(23(30)33-13-7-2)17(4)26-24-27-25(28-29(22)24)34-15-8-3/h11-12,16,22H,6-10,13-15H2,1-5H3,(H,26,27,28). The Morgan fingerprint density at radius 2 is 1.94 bits per heavy atom. The van der Waals surface area contributed by atoms with Crippen molar-refractivity contribution in [3.63, 3.8) is 0 Å². The van der Waals surface area contributed by atoms with Crippen LogP contribution in [-0.2, 0) is 9.53 Å². The molecule has 1 N–H and O–H groups in total. The summed E-state index contributed by atoms with van der Waals surface area (Å²) in [6.45, 7) is 9.12. The van der Waals surface area contributed by atoms with Gasteiger partial charge in [-0.1, -0.05) is 51.4 Å². The molecule has 1 aromatic carbocycles. The Balaban J connectivity index is 2.00. The number of methoxy groups -OCH3 is 1. The maximum Gasteiger partial charge on any atom is 0.338 e. The Morgan fingerprint density at radius 1 is 1.12 bits per heavy atom. The highest BCUT2D eigenvalue weighted by atomic mass is 32.2. The molecule has 34 heavy (non-hydrogen) atoms. The van der Waals surface area contributed by atoms with Gasteiger partial charge in [0.2, 0.25) is 11.1 Å². The Morgan fingerprint density at radius 3 is 2.65 bits per heavy atom. The molecule has 0 amide bonds. The molecule has 1 aliphatic heterocycles. The zero-order valence-corrected chi connectivity index (χ0v) is 21.7. The zero-order valence-electron chi connectivity index (χ0n) is 20.8. The minimum Gasteiger partial charge on any atom is -0.493 e. The Labute approximate surface area is 206 Å². The van der Waals surface area contributed by atoms with Crippen LogP contribution in [-0.4, -0.2) is 46.8 Å². The average Bonchev–Trinajstić information content (AvgIpc) is 3.25. The van der Waals surface area contributed by atoms with Gasteiger partial charge in [-0.2, -0.15) is 4.98 Å². The molecule has 2 heterocycles. The minimum absolute atomic E-state index is 0.359. The lowest BCUT2D eigenvalue weighted by atomic mass is 9.95. The van der Waals surface area contributed by atoms with E-state index in [0.717, 1.165) is 43.4 Å². The summed E-state index contributed by atoms with van der Waals surface area (Å²) in [4.78, 5) is 17.8. The van der Waals surface area contributed by atoms with Crippen molar-refractivity contribution in [2.75, 3.05) is 31.4 Å². The van der Waals surface area contributed by atoms with Gasteiger partial charge >= 0.3 is 5.97 Å². The van der Waals surface area contributed by atoms with E-state index in [2.05, 4.69) is 24.1 Å². The maximum atomic E-state index is 13.1. The highest BCUT2D eigenvalue weighted by Gasteiger charge is 2.35. The van der Waals surface area contributed by atoms with Crippen LogP contribution in [0.15, 0.2) is 34.6 Å². The molecule has 8 nitrogen and oxygen atoms in total. The van der Waals surface area contributed by atoms with Crippen molar-refractivity contribution in [1.82, 2.24) is 14.8 Å². The molecular formula is C25H36N4O4S. The lowest BCUT2D eigenvalue weighted by molar-refractivity contribution is -0.139. The van der Waals surface area contributed by atoms with Gasteiger partial charge in [0.25, 0.3) is 0 Å². The van der Waals surface area contributed by atoms with Crippen molar-refractivity contribution in [3.05, 3.63) is 35.0 Å². The van der Waals surface area contributed by atoms with E-state index in [1.807, 2.05) is 32.0 Å². The number of esters is 1. The summed E-state index contributed by atoms with van der Waals surface area (Å²) in [5.41, 5.74) is 2.06. The molecule has 2 aromatic rings. The molecule has 0 bridgehead atoms. The van der Waals surface area contributed by atoms with E-state index in [0.29, 0.717) is 47.1 Å². The van der Waals surface area contributed by atoms with Crippen molar-refractivity contribution in [1.29, 1.82) is 0 Å².